The number of hydrogen-bond acceptors (Lipinski definition) is 21. The van der Waals surface area contributed by atoms with Crippen LogP contribution >= 0.6 is 0 Å². The summed E-state index contributed by atoms with van der Waals surface area (Å²) in [6.45, 7) is 14.7. The summed E-state index contributed by atoms with van der Waals surface area (Å²) in [6.07, 6.45) is -5.15. The molecule has 11 heterocycles. The van der Waals surface area contributed by atoms with E-state index in [1.807, 2.05) is 6.92 Å². The molecule has 0 aromatic heterocycles. The first-order valence-corrected chi connectivity index (χ1v) is 27.9. The van der Waals surface area contributed by atoms with Gasteiger partial charge in [-0.25, -0.2) is 16.8 Å². The van der Waals surface area contributed by atoms with E-state index in [9.17, 15) is 35.8 Å². The smallest absolute Gasteiger partial charge is 0.726 e. The van der Waals surface area contributed by atoms with Crippen LogP contribution in [0.5, 0.6) is 0 Å². The van der Waals surface area contributed by atoms with Crippen LogP contribution in [0, 0.1) is 5.92 Å². The van der Waals surface area contributed by atoms with Crippen molar-refractivity contribution >= 4 is 26.6 Å². The van der Waals surface area contributed by atoms with E-state index in [2.05, 4.69) is 31.5 Å². The molecule has 21 nitrogen and oxygen atoms in total. The molecule has 0 aromatic carbocycles. The molecule has 0 spiro atoms. The van der Waals surface area contributed by atoms with E-state index in [-0.39, 0.29) is 145 Å². The van der Waals surface area contributed by atoms with Gasteiger partial charge in [-0.3, -0.25) is 13.2 Å². The number of rotatable bonds is 7. The summed E-state index contributed by atoms with van der Waals surface area (Å²) in [5.41, 5.74) is -3.28. The number of aliphatic hydroxyl groups is 1. The Hall–Kier alpha value is 0.670. The van der Waals surface area contributed by atoms with Gasteiger partial charge in [0.2, 0.25) is 20.8 Å². The number of carbonyl (C=O) groups excluding carboxylic acids is 1. The minimum absolute atomic E-state index is 0. The zero-order valence-corrected chi connectivity index (χ0v) is 48.1. The molecular formula is C47H68Na2O21S2. The molecule has 11 rings (SSSR count). The molecule has 0 unspecified atom stereocenters. The fraction of sp³-hybridized carbons (Fsp3) is 0.936. The maximum Gasteiger partial charge on any atom is 1.00 e. The van der Waals surface area contributed by atoms with Gasteiger partial charge < -0.3 is 66.3 Å². The molecule has 11 aliphatic rings. The predicted octanol–water partition coefficient (Wildman–Crippen LogP) is -3.86. The van der Waals surface area contributed by atoms with Gasteiger partial charge in [-0.15, -0.1) is 0 Å². The van der Waals surface area contributed by atoms with Gasteiger partial charge in [0.1, 0.15) is 30.0 Å². The number of hydrogen-bond donors (Lipinski definition) is 1. The van der Waals surface area contributed by atoms with Crippen LogP contribution in [0.15, 0.2) is 12.2 Å². The molecule has 11 saturated heterocycles. The minimum atomic E-state index is -5.20. The van der Waals surface area contributed by atoms with E-state index in [0.29, 0.717) is 69.8 Å². The fourth-order valence-electron chi connectivity index (χ4n) is 14.5. The molecule has 72 heavy (non-hydrogen) atoms. The maximum atomic E-state index is 12.4. The topological polar surface area (TPSA) is 272 Å². The Morgan fingerprint density at radius 3 is 1.88 bits per heavy atom. The van der Waals surface area contributed by atoms with E-state index in [4.69, 9.17) is 56.3 Å². The molecule has 25 atom stereocenters. The van der Waals surface area contributed by atoms with E-state index < -0.39 is 111 Å². The molecule has 11 fully saturated rings. The zero-order chi connectivity index (χ0) is 49.7. The molecule has 396 valence electrons. The summed E-state index contributed by atoms with van der Waals surface area (Å²) in [7, 11) is -10.2. The fourth-order valence-corrected chi connectivity index (χ4v) is 15.4. The van der Waals surface area contributed by atoms with Gasteiger partial charge >= 0.3 is 59.1 Å². The summed E-state index contributed by atoms with van der Waals surface area (Å²) in [4.78, 5) is 12.4. The number of ether oxygens (including phenoxy) is 11. The van der Waals surface area contributed by atoms with E-state index >= 15 is 0 Å². The van der Waals surface area contributed by atoms with Crippen molar-refractivity contribution in [3.05, 3.63) is 12.2 Å². The van der Waals surface area contributed by atoms with Gasteiger partial charge in [-0.05, 0) is 71.8 Å². The Morgan fingerprint density at radius 2 is 1.22 bits per heavy atom. The number of aliphatic hydroxyl groups excluding tert-OH is 1. The Morgan fingerprint density at radius 1 is 0.667 bits per heavy atom. The second-order valence-electron chi connectivity index (χ2n) is 23.0. The third-order valence-corrected chi connectivity index (χ3v) is 19.0. The predicted molar refractivity (Wildman–Crippen MR) is 234 cm³/mol. The van der Waals surface area contributed by atoms with Gasteiger partial charge in [-0.1, -0.05) is 13.5 Å². The Bertz CT molecular complexity index is 2280. The molecule has 0 amide bonds. The molecule has 0 aromatic rings. The summed E-state index contributed by atoms with van der Waals surface area (Å²) >= 11 is 0. The van der Waals surface area contributed by atoms with Crippen molar-refractivity contribution in [2.24, 2.45) is 5.92 Å². The monoisotopic (exact) mass is 1080 g/mol. The number of Topliss-reactive ketones (excluding diaryl/α,β-unsaturated/α-hetero) is 1. The number of fused-ring (bicyclic) bond motifs is 10. The standard InChI is InChI=1S/C47H70O21S2.2Na/c1-21-12-32-31(63-40(21)23(3)48)18-39-47(7,66-32)43(49)42-35(62-39)16-34-41(64-42)22(2)20-46(6)37(61-34)19-36-45(5,68-46)9-8-24-25(60-36)13-27-26(57-24)14-28-29(58-27)15-33-30(59-28)17-38(67-70(53,54)55)44(4,65-33)10-11-56-69(50,51)52;;/h22,24-43,49H,1,8-20H2,2-7H3,(H,50,51,52)(H,53,54,55);;/q;2*+1/p-2/t22-,24-,25+,26+,27-,28-,29+,30+,31+,32-,33-,34-,35+,36-,37+,38-,39-,40+,41+,42+,43+,44+,45+,46-,47-;;/m0../s1. The van der Waals surface area contributed by atoms with Gasteiger partial charge in [0, 0.05) is 51.4 Å². The van der Waals surface area contributed by atoms with Gasteiger partial charge in [-0.2, -0.15) is 0 Å². The van der Waals surface area contributed by atoms with E-state index in [0.717, 1.165) is 0 Å². The normalized spacial score (nSPS) is 52.8. The molecule has 0 saturated carbocycles. The molecule has 1 N–H and O–H groups in total. The Balaban J connectivity index is 0.00000320. The summed E-state index contributed by atoms with van der Waals surface area (Å²) in [5, 5.41) is 12.1. The average molecular weight is 1080 g/mol. The van der Waals surface area contributed by atoms with Crippen molar-refractivity contribution in [2.75, 3.05) is 6.61 Å². The van der Waals surface area contributed by atoms with Gasteiger partial charge in [0.25, 0.3) is 0 Å². The van der Waals surface area contributed by atoms with Crippen molar-refractivity contribution in [2.45, 2.75) is 263 Å². The van der Waals surface area contributed by atoms with Crippen molar-refractivity contribution in [1.29, 1.82) is 0 Å². The van der Waals surface area contributed by atoms with E-state index in [1.165, 1.54) is 13.8 Å². The van der Waals surface area contributed by atoms with Crippen LogP contribution in [0.4, 0.5) is 0 Å². The van der Waals surface area contributed by atoms with Crippen molar-refractivity contribution < 1.29 is 155 Å². The second kappa shape index (κ2) is 20.6. The van der Waals surface area contributed by atoms with Crippen LogP contribution in [-0.4, -0.2) is 188 Å². The average Bonchev–Trinajstić information content (AvgIpc) is 3.44. The third-order valence-electron chi connectivity index (χ3n) is 18.0. The van der Waals surface area contributed by atoms with Crippen LogP contribution in [0.25, 0.3) is 0 Å². The quantitative estimate of drug-likeness (QED) is 0.111. The second-order valence-corrected chi connectivity index (χ2v) is 25.1. The Labute approximate surface area is 466 Å². The largest absolute Gasteiger partial charge is 1.00 e. The van der Waals surface area contributed by atoms with Crippen molar-refractivity contribution in [1.82, 2.24) is 0 Å². The summed E-state index contributed by atoms with van der Waals surface area (Å²) in [5.74, 6) is -0.106. The van der Waals surface area contributed by atoms with Gasteiger partial charge in [0.15, 0.2) is 5.78 Å². The van der Waals surface area contributed by atoms with Crippen molar-refractivity contribution in [3.8, 4) is 0 Å². The van der Waals surface area contributed by atoms with E-state index in [1.54, 1.807) is 0 Å². The first kappa shape index (κ1) is 57.4. The maximum absolute atomic E-state index is 12.4. The molecule has 25 heteroatoms. The zero-order valence-electron chi connectivity index (χ0n) is 42.5. The summed E-state index contributed by atoms with van der Waals surface area (Å²) < 4.78 is 153. The number of carbonyl (C=O) groups is 1. The third kappa shape index (κ3) is 10.7. The molecule has 0 radical (unpaired) electrons. The number of ketones is 1. The van der Waals surface area contributed by atoms with Crippen molar-refractivity contribution in [3.63, 3.8) is 0 Å². The molecule has 0 aliphatic carbocycles. The van der Waals surface area contributed by atoms with Crippen LogP contribution < -0.4 is 59.1 Å². The molecule has 0 bridgehead atoms. The first-order chi connectivity index (χ1) is 32.8. The minimum Gasteiger partial charge on any atom is -0.726 e. The molecule has 11 aliphatic heterocycles. The van der Waals surface area contributed by atoms with Gasteiger partial charge in [0.05, 0.1) is 121 Å². The SMILES string of the molecule is C=C1C[C@@H]2O[C@@]3(C)[C@H](C[C@H]2O[C@H]1C(C)=O)O[C@@H]1C[C@@H]2O[C@@H]4C[C@@H]5O[C@@H]6C[C@@H]7O[C@@H]8C[C@@H]9O[C@](C)(CCOS(=O)(=O)[O-])[C@@H](OS(=O)(=O)[O-])C[C@H]9O[C@H]8C[C@H]7O[C@H]6CC[C@@]5(C)O[C@@]4(C)C[C@H](C)[C@H]2O[C@H]1[C@H]3O.[Na+].[Na+]. The van der Waals surface area contributed by atoms with Crippen LogP contribution in [0.2, 0.25) is 0 Å². The molecular weight excluding hydrogens is 1010 g/mol. The Kier molecular flexibility index (Phi) is 16.4. The summed E-state index contributed by atoms with van der Waals surface area (Å²) in [6, 6.07) is 0. The first-order valence-electron chi connectivity index (χ1n) is 25.2. The van der Waals surface area contributed by atoms with Crippen LogP contribution in [-0.2, 0) is 86.1 Å². The van der Waals surface area contributed by atoms with Crippen LogP contribution in [0.3, 0.4) is 0 Å². The van der Waals surface area contributed by atoms with Crippen LogP contribution in [0.1, 0.15) is 119 Å².